The van der Waals surface area contributed by atoms with Crippen LogP contribution in [-0.2, 0) is 11.3 Å². The lowest BCUT2D eigenvalue weighted by atomic mass is 10.0. The van der Waals surface area contributed by atoms with Gasteiger partial charge in [-0.2, -0.15) is 0 Å². The Morgan fingerprint density at radius 3 is 2.76 bits per heavy atom. The van der Waals surface area contributed by atoms with E-state index < -0.39 is 0 Å². The summed E-state index contributed by atoms with van der Waals surface area (Å²) >= 11 is 0. The minimum Gasteiger partial charge on any atom is -0.357 e. The number of hydrogen-bond acceptors (Lipinski definition) is 3. The Hall–Kier alpha value is -2.08. The predicted octanol–water partition coefficient (Wildman–Crippen LogP) is 1.29. The summed E-state index contributed by atoms with van der Waals surface area (Å²) < 4.78 is 0. The number of amides is 1. The van der Waals surface area contributed by atoms with Gasteiger partial charge in [0.05, 0.1) is 0 Å². The maximum absolute atomic E-state index is 11.8. The van der Waals surface area contributed by atoms with Crippen molar-refractivity contribution in [2.45, 2.75) is 32.4 Å². The number of carbonyl (C=O) groups is 1. The monoisotopic (exact) mass is 345 g/mol. The van der Waals surface area contributed by atoms with Gasteiger partial charge in [-0.1, -0.05) is 30.3 Å². The molecule has 0 aromatic heterocycles. The zero-order valence-electron chi connectivity index (χ0n) is 15.7. The molecule has 6 nitrogen and oxygen atoms in total. The van der Waals surface area contributed by atoms with Crippen molar-refractivity contribution in [1.29, 1.82) is 0 Å². The molecular formula is C19H31N5O. The van der Waals surface area contributed by atoms with Gasteiger partial charge in [-0.25, -0.2) is 4.99 Å². The summed E-state index contributed by atoms with van der Waals surface area (Å²) in [6, 6.07) is 10.9. The van der Waals surface area contributed by atoms with Crippen LogP contribution >= 0.6 is 0 Å². The normalized spacial score (nSPS) is 18.7. The number of piperidine rings is 1. The minimum absolute atomic E-state index is 0.00607. The SMILES string of the molecule is CCNC(=NCC(=O)N(C)C)NC1CCCN(Cc2ccccc2)C1. The molecule has 25 heavy (non-hydrogen) atoms. The third kappa shape index (κ3) is 6.74. The van der Waals surface area contributed by atoms with Crippen molar-refractivity contribution in [1.82, 2.24) is 20.4 Å². The van der Waals surface area contributed by atoms with Crippen molar-refractivity contribution in [3.05, 3.63) is 35.9 Å². The molecule has 1 unspecified atom stereocenters. The van der Waals surface area contributed by atoms with Gasteiger partial charge < -0.3 is 15.5 Å². The molecule has 1 aromatic rings. The van der Waals surface area contributed by atoms with Crippen LogP contribution in [-0.4, -0.2) is 68.0 Å². The Labute approximate surface area is 151 Å². The summed E-state index contributed by atoms with van der Waals surface area (Å²) in [7, 11) is 3.50. The predicted molar refractivity (Wildman–Crippen MR) is 103 cm³/mol. The number of nitrogens with zero attached hydrogens (tertiary/aromatic N) is 3. The van der Waals surface area contributed by atoms with E-state index in [0.717, 1.165) is 38.6 Å². The smallest absolute Gasteiger partial charge is 0.243 e. The molecule has 138 valence electrons. The lowest BCUT2D eigenvalue weighted by Crippen LogP contribution is -2.51. The van der Waals surface area contributed by atoms with Crippen molar-refractivity contribution >= 4 is 11.9 Å². The van der Waals surface area contributed by atoms with Crippen molar-refractivity contribution in [3.63, 3.8) is 0 Å². The summed E-state index contributed by atoms with van der Waals surface area (Å²) in [6.45, 7) is 6.07. The molecule has 1 aliphatic heterocycles. The number of carbonyl (C=O) groups excluding carboxylic acids is 1. The Balaban J connectivity index is 1.89. The molecule has 2 N–H and O–H groups in total. The van der Waals surface area contributed by atoms with Crippen molar-refractivity contribution in [2.24, 2.45) is 4.99 Å². The first-order valence-corrected chi connectivity index (χ1v) is 9.09. The second-order valence-corrected chi connectivity index (χ2v) is 6.69. The first kappa shape index (κ1) is 19.2. The van der Waals surface area contributed by atoms with E-state index in [1.807, 2.05) is 6.92 Å². The molecule has 0 saturated carbocycles. The van der Waals surface area contributed by atoms with Crippen LogP contribution in [0.3, 0.4) is 0 Å². The van der Waals surface area contributed by atoms with Crippen LogP contribution in [0.2, 0.25) is 0 Å². The van der Waals surface area contributed by atoms with Crippen LogP contribution in [0.25, 0.3) is 0 Å². The van der Waals surface area contributed by atoms with E-state index in [-0.39, 0.29) is 12.5 Å². The molecular weight excluding hydrogens is 314 g/mol. The molecule has 0 radical (unpaired) electrons. The Morgan fingerprint density at radius 1 is 1.32 bits per heavy atom. The van der Waals surface area contributed by atoms with Crippen LogP contribution in [0.5, 0.6) is 0 Å². The molecule has 1 fully saturated rings. The third-order valence-electron chi connectivity index (χ3n) is 4.31. The molecule has 1 aromatic carbocycles. The van der Waals surface area contributed by atoms with Crippen molar-refractivity contribution in [2.75, 3.05) is 40.3 Å². The summed E-state index contributed by atoms with van der Waals surface area (Å²) in [5.41, 5.74) is 1.35. The van der Waals surface area contributed by atoms with Gasteiger partial charge in [0.25, 0.3) is 0 Å². The number of aliphatic imine (C=N–C) groups is 1. The van der Waals surface area contributed by atoms with Crippen molar-refractivity contribution in [3.8, 4) is 0 Å². The maximum Gasteiger partial charge on any atom is 0.243 e. The van der Waals surface area contributed by atoms with E-state index in [9.17, 15) is 4.79 Å². The van der Waals surface area contributed by atoms with Crippen LogP contribution in [0.15, 0.2) is 35.3 Å². The lowest BCUT2D eigenvalue weighted by molar-refractivity contribution is -0.127. The Morgan fingerprint density at radius 2 is 2.08 bits per heavy atom. The highest BCUT2D eigenvalue weighted by Gasteiger charge is 2.20. The number of nitrogens with one attached hydrogen (secondary N) is 2. The van der Waals surface area contributed by atoms with Gasteiger partial charge in [0.2, 0.25) is 5.91 Å². The van der Waals surface area contributed by atoms with Gasteiger partial charge >= 0.3 is 0 Å². The highest BCUT2D eigenvalue weighted by atomic mass is 16.2. The molecule has 1 heterocycles. The van der Waals surface area contributed by atoms with E-state index in [1.54, 1.807) is 19.0 Å². The first-order valence-electron chi connectivity index (χ1n) is 9.09. The average Bonchev–Trinajstić information content (AvgIpc) is 2.60. The molecule has 0 spiro atoms. The van der Waals surface area contributed by atoms with Gasteiger partial charge in [-0.3, -0.25) is 9.69 Å². The number of likely N-dealkylation sites (N-methyl/N-ethyl adjacent to an activating group) is 1. The highest BCUT2D eigenvalue weighted by Crippen LogP contribution is 2.13. The van der Waals surface area contributed by atoms with E-state index in [2.05, 4.69) is 50.9 Å². The van der Waals surface area contributed by atoms with Gasteiger partial charge in [-0.15, -0.1) is 0 Å². The summed E-state index contributed by atoms with van der Waals surface area (Å²) in [6.07, 6.45) is 2.29. The zero-order chi connectivity index (χ0) is 18.1. The van der Waals surface area contributed by atoms with Crippen LogP contribution in [0, 0.1) is 0 Å². The fourth-order valence-corrected chi connectivity index (χ4v) is 2.96. The maximum atomic E-state index is 11.8. The molecule has 1 aliphatic rings. The van der Waals surface area contributed by atoms with E-state index in [0.29, 0.717) is 6.04 Å². The van der Waals surface area contributed by atoms with Gasteiger partial charge in [0.15, 0.2) is 5.96 Å². The van der Waals surface area contributed by atoms with Crippen LogP contribution < -0.4 is 10.6 Å². The molecule has 2 rings (SSSR count). The topological polar surface area (TPSA) is 60.0 Å². The average molecular weight is 345 g/mol. The summed E-state index contributed by atoms with van der Waals surface area (Å²) in [5.74, 6) is 0.732. The number of benzene rings is 1. The van der Waals surface area contributed by atoms with Gasteiger partial charge in [0, 0.05) is 39.8 Å². The number of rotatable bonds is 6. The molecule has 6 heteroatoms. The minimum atomic E-state index is 0.00607. The molecule has 1 amide bonds. The fourth-order valence-electron chi connectivity index (χ4n) is 2.96. The third-order valence-corrected chi connectivity index (χ3v) is 4.31. The number of hydrogen-bond donors (Lipinski definition) is 2. The van der Waals surface area contributed by atoms with Crippen LogP contribution in [0.1, 0.15) is 25.3 Å². The fraction of sp³-hybridized carbons (Fsp3) is 0.579. The van der Waals surface area contributed by atoms with E-state index in [4.69, 9.17) is 0 Å². The molecule has 0 aliphatic carbocycles. The van der Waals surface area contributed by atoms with Gasteiger partial charge in [0.1, 0.15) is 6.54 Å². The highest BCUT2D eigenvalue weighted by molar-refractivity contribution is 5.84. The Kier molecular flexibility index (Phi) is 7.73. The molecule has 1 saturated heterocycles. The first-order chi connectivity index (χ1) is 12.1. The molecule has 1 atom stereocenters. The largest absolute Gasteiger partial charge is 0.357 e. The van der Waals surface area contributed by atoms with E-state index >= 15 is 0 Å². The van der Waals surface area contributed by atoms with Crippen molar-refractivity contribution < 1.29 is 4.79 Å². The lowest BCUT2D eigenvalue weighted by Gasteiger charge is -2.34. The van der Waals surface area contributed by atoms with Gasteiger partial charge in [-0.05, 0) is 31.9 Å². The second kappa shape index (κ2) is 10.0. The standard InChI is InChI=1S/C19H31N5O/c1-4-20-19(21-13-18(25)23(2)3)22-17-11-8-12-24(15-17)14-16-9-6-5-7-10-16/h5-7,9-10,17H,4,8,11-15H2,1-3H3,(H2,20,21,22). The number of likely N-dealkylation sites (tertiary alicyclic amines) is 1. The second-order valence-electron chi connectivity index (χ2n) is 6.69. The Bertz CT molecular complexity index is 558. The van der Waals surface area contributed by atoms with E-state index in [1.165, 1.54) is 12.0 Å². The summed E-state index contributed by atoms with van der Waals surface area (Å²) in [4.78, 5) is 20.2. The summed E-state index contributed by atoms with van der Waals surface area (Å²) in [5, 5.41) is 6.73. The zero-order valence-corrected chi connectivity index (χ0v) is 15.7. The van der Waals surface area contributed by atoms with Crippen LogP contribution in [0.4, 0.5) is 0 Å². The molecule has 0 bridgehead atoms. The number of guanidine groups is 1. The quantitative estimate of drug-likeness (QED) is 0.603.